The molecule has 0 aliphatic rings. The van der Waals surface area contributed by atoms with E-state index in [1.165, 1.54) is 11.3 Å². The molecule has 0 amide bonds. The van der Waals surface area contributed by atoms with Crippen LogP contribution in [0.15, 0.2) is 29.9 Å². The highest BCUT2D eigenvalue weighted by Gasteiger charge is 2.09. The summed E-state index contributed by atoms with van der Waals surface area (Å²) in [4.78, 5) is 11.7. The number of rotatable bonds is 2. The van der Waals surface area contributed by atoms with E-state index < -0.39 is 6.10 Å². The Balaban J connectivity index is 2.06. The zero-order chi connectivity index (χ0) is 11.8. The molecule has 0 aliphatic heterocycles. The van der Waals surface area contributed by atoms with Crippen molar-refractivity contribution in [2.24, 2.45) is 0 Å². The Hall–Kier alpha value is -1.72. The van der Waals surface area contributed by atoms with Gasteiger partial charge in [-0.15, -0.1) is 11.3 Å². The maximum absolute atomic E-state index is 9.45. The number of hydrogen-bond donors (Lipinski definition) is 2. The van der Waals surface area contributed by atoms with Crippen LogP contribution in [0.5, 0.6) is 0 Å². The summed E-state index contributed by atoms with van der Waals surface area (Å²) in [5.41, 5.74) is 3.86. The second-order valence-corrected chi connectivity index (χ2v) is 4.77. The summed E-state index contributed by atoms with van der Waals surface area (Å²) in [6, 6.07) is 5.97. The monoisotopic (exact) mass is 245 g/mol. The normalized spacial score (nSPS) is 13.1. The summed E-state index contributed by atoms with van der Waals surface area (Å²) in [6.45, 7) is 1.72. The van der Waals surface area contributed by atoms with Gasteiger partial charge in [0.05, 0.1) is 23.1 Å². The van der Waals surface area contributed by atoms with Crippen molar-refractivity contribution in [3.63, 3.8) is 0 Å². The van der Waals surface area contributed by atoms with Crippen LogP contribution in [-0.2, 0) is 0 Å². The number of H-pyrrole nitrogens is 1. The molecule has 0 spiro atoms. The SMILES string of the molecule is CC(O)c1nc(-c2ccc3nc[nH]c3c2)cs1. The highest BCUT2D eigenvalue weighted by Crippen LogP contribution is 2.26. The van der Waals surface area contributed by atoms with Crippen LogP contribution in [0.1, 0.15) is 18.0 Å². The Morgan fingerprint density at radius 3 is 3.06 bits per heavy atom. The lowest BCUT2D eigenvalue weighted by Crippen LogP contribution is -1.89. The first-order valence-electron chi connectivity index (χ1n) is 5.31. The van der Waals surface area contributed by atoms with Gasteiger partial charge in [0.25, 0.3) is 0 Å². The van der Waals surface area contributed by atoms with Gasteiger partial charge in [-0.25, -0.2) is 9.97 Å². The first-order chi connectivity index (χ1) is 8.24. The Labute approximate surface area is 102 Å². The number of aromatic nitrogens is 3. The average molecular weight is 245 g/mol. The minimum Gasteiger partial charge on any atom is -0.386 e. The predicted octanol–water partition coefficient (Wildman–Crippen LogP) is 2.74. The van der Waals surface area contributed by atoms with Gasteiger partial charge in [0, 0.05) is 10.9 Å². The molecular formula is C12H11N3OS. The number of imidazole rings is 1. The van der Waals surface area contributed by atoms with Crippen molar-refractivity contribution in [2.75, 3.05) is 0 Å². The van der Waals surface area contributed by atoms with Gasteiger partial charge < -0.3 is 10.1 Å². The molecule has 1 unspecified atom stereocenters. The predicted molar refractivity (Wildman–Crippen MR) is 67.8 cm³/mol. The van der Waals surface area contributed by atoms with Crippen molar-refractivity contribution in [3.05, 3.63) is 34.9 Å². The molecule has 0 saturated heterocycles. The van der Waals surface area contributed by atoms with E-state index in [2.05, 4.69) is 15.0 Å². The summed E-state index contributed by atoms with van der Waals surface area (Å²) in [7, 11) is 0. The van der Waals surface area contributed by atoms with Gasteiger partial charge in [-0.1, -0.05) is 6.07 Å². The molecule has 86 valence electrons. The highest BCUT2D eigenvalue weighted by molar-refractivity contribution is 7.10. The lowest BCUT2D eigenvalue weighted by Gasteiger charge is -1.98. The molecule has 2 heterocycles. The molecule has 0 saturated carbocycles. The fourth-order valence-corrected chi connectivity index (χ4v) is 2.48. The van der Waals surface area contributed by atoms with Crippen LogP contribution >= 0.6 is 11.3 Å². The smallest absolute Gasteiger partial charge is 0.122 e. The standard InChI is InChI=1S/C12H11N3OS/c1-7(16)12-15-11(5-17-12)8-2-3-9-10(4-8)14-6-13-9/h2-7,16H,1H3,(H,13,14). The third-order valence-corrected chi connectivity index (χ3v) is 3.61. The number of aliphatic hydroxyl groups is 1. The third kappa shape index (κ3) is 1.83. The zero-order valence-electron chi connectivity index (χ0n) is 9.21. The largest absolute Gasteiger partial charge is 0.386 e. The molecule has 0 fully saturated rings. The third-order valence-electron chi connectivity index (χ3n) is 2.60. The van der Waals surface area contributed by atoms with E-state index in [0.29, 0.717) is 0 Å². The quantitative estimate of drug-likeness (QED) is 0.729. The Bertz CT molecular complexity index is 656. The van der Waals surface area contributed by atoms with Crippen LogP contribution in [-0.4, -0.2) is 20.1 Å². The number of fused-ring (bicyclic) bond motifs is 1. The van der Waals surface area contributed by atoms with E-state index in [1.807, 2.05) is 23.6 Å². The van der Waals surface area contributed by atoms with Crippen molar-refractivity contribution in [2.45, 2.75) is 13.0 Å². The molecule has 4 nitrogen and oxygen atoms in total. The molecule has 0 aliphatic carbocycles. The van der Waals surface area contributed by atoms with Crippen LogP contribution in [0, 0.1) is 0 Å². The molecule has 3 aromatic rings. The van der Waals surface area contributed by atoms with Crippen molar-refractivity contribution < 1.29 is 5.11 Å². The molecule has 0 radical (unpaired) electrons. The summed E-state index contributed by atoms with van der Waals surface area (Å²) >= 11 is 1.47. The maximum Gasteiger partial charge on any atom is 0.122 e. The Kier molecular flexibility index (Phi) is 2.42. The fraction of sp³-hybridized carbons (Fsp3) is 0.167. The summed E-state index contributed by atoms with van der Waals surface area (Å²) in [5, 5.41) is 12.2. The van der Waals surface area contributed by atoms with Gasteiger partial charge >= 0.3 is 0 Å². The number of aromatic amines is 1. The molecular weight excluding hydrogens is 234 g/mol. The molecule has 1 atom stereocenters. The number of aliphatic hydroxyl groups excluding tert-OH is 1. The minimum atomic E-state index is -0.510. The van der Waals surface area contributed by atoms with E-state index in [-0.39, 0.29) is 0 Å². The van der Waals surface area contributed by atoms with E-state index in [4.69, 9.17) is 0 Å². The topological polar surface area (TPSA) is 61.8 Å². The maximum atomic E-state index is 9.45. The van der Waals surface area contributed by atoms with Gasteiger partial charge in [-0.3, -0.25) is 0 Å². The second kappa shape index (κ2) is 3.94. The van der Waals surface area contributed by atoms with Crippen LogP contribution < -0.4 is 0 Å². The van der Waals surface area contributed by atoms with Crippen molar-refractivity contribution in [1.29, 1.82) is 0 Å². The molecule has 1 aromatic carbocycles. The first-order valence-corrected chi connectivity index (χ1v) is 6.19. The van der Waals surface area contributed by atoms with Crippen LogP contribution in [0.3, 0.4) is 0 Å². The minimum absolute atomic E-state index is 0.510. The summed E-state index contributed by atoms with van der Waals surface area (Å²) in [5.74, 6) is 0. The molecule has 3 rings (SSSR count). The van der Waals surface area contributed by atoms with Crippen molar-refractivity contribution in [1.82, 2.24) is 15.0 Å². The first kappa shape index (κ1) is 10.4. The van der Waals surface area contributed by atoms with E-state index in [9.17, 15) is 5.11 Å². The number of nitrogens with one attached hydrogen (secondary N) is 1. The highest BCUT2D eigenvalue weighted by atomic mass is 32.1. The van der Waals surface area contributed by atoms with E-state index in [0.717, 1.165) is 27.3 Å². The van der Waals surface area contributed by atoms with Crippen molar-refractivity contribution >= 4 is 22.4 Å². The molecule has 5 heteroatoms. The summed E-state index contributed by atoms with van der Waals surface area (Å²) in [6.07, 6.45) is 1.17. The van der Waals surface area contributed by atoms with Crippen LogP contribution in [0.25, 0.3) is 22.3 Å². The van der Waals surface area contributed by atoms with Crippen LogP contribution in [0.2, 0.25) is 0 Å². The van der Waals surface area contributed by atoms with Crippen molar-refractivity contribution in [3.8, 4) is 11.3 Å². The molecule has 17 heavy (non-hydrogen) atoms. The van der Waals surface area contributed by atoms with E-state index in [1.54, 1.807) is 13.3 Å². The Morgan fingerprint density at radius 2 is 2.29 bits per heavy atom. The number of hydrogen-bond acceptors (Lipinski definition) is 4. The van der Waals surface area contributed by atoms with Gasteiger partial charge in [-0.05, 0) is 19.1 Å². The van der Waals surface area contributed by atoms with Gasteiger partial charge in [0.15, 0.2) is 0 Å². The lowest BCUT2D eigenvalue weighted by atomic mass is 10.1. The number of benzene rings is 1. The molecule has 2 aromatic heterocycles. The lowest BCUT2D eigenvalue weighted by molar-refractivity contribution is 0.199. The zero-order valence-corrected chi connectivity index (χ0v) is 10.0. The average Bonchev–Trinajstić information content (AvgIpc) is 2.97. The van der Waals surface area contributed by atoms with Gasteiger partial charge in [0.2, 0.25) is 0 Å². The number of thiazole rings is 1. The summed E-state index contributed by atoms with van der Waals surface area (Å²) < 4.78 is 0. The number of nitrogens with zero attached hydrogens (tertiary/aromatic N) is 2. The fourth-order valence-electron chi connectivity index (χ4n) is 1.71. The second-order valence-electron chi connectivity index (χ2n) is 3.88. The van der Waals surface area contributed by atoms with Gasteiger partial charge in [0.1, 0.15) is 11.1 Å². The molecule has 0 bridgehead atoms. The van der Waals surface area contributed by atoms with Crippen LogP contribution in [0.4, 0.5) is 0 Å². The molecule has 2 N–H and O–H groups in total. The van der Waals surface area contributed by atoms with E-state index >= 15 is 0 Å². The Morgan fingerprint density at radius 1 is 1.41 bits per heavy atom. The van der Waals surface area contributed by atoms with Gasteiger partial charge in [-0.2, -0.15) is 0 Å².